The summed E-state index contributed by atoms with van der Waals surface area (Å²) < 4.78 is 34.9. The lowest BCUT2D eigenvalue weighted by atomic mass is 9.94. The number of rotatable bonds is 9. The molecule has 0 unspecified atom stereocenters. The first kappa shape index (κ1) is 28.9. The van der Waals surface area contributed by atoms with Gasteiger partial charge in [-0.05, 0) is 51.0 Å². The number of cyclic esters (lactones) is 1. The molecule has 39 heavy (non-hydrogen) atoms. The van der Waals surface area contributed by atoms with Crippen molar-refractivity contribution in [1.29, 1.82) is 0 Å². The highest BCUT2D eigenvalue weighted by atomic mass is 35.5. The lowest BCUT2D eigenvalue weighted by Crippen LogP contribution is -2.65. The standard InChI is InChI=1S/C26H31ClN4O7S/c1-4-17-13-23(38-25(17)33)21(28-39(36,37)19-11-9-18(10-12-19)31(34)35)14-29-15-24(32)30(16-26(29,2)3)22-8-6-5-7-20(22)27/h5-12,17,21,23,28H,4,13-16H2,1-3H3/t17-,21+,23+/m1/s1. The average Bonchev–Trinajstić information content (AvgIpc) is 3.26. The van der Waals surface area contributed by atoms with Crippen molar-refractivity contribution < 1.29 is 27.7 Å². The van der Waals surface area contributed by atoms with E-state index in [9.17, 15) is 28.1 Å². The van der Waals surface area contributed by atoms with Gasteiger partial charge in [-0.3, -0.25) is 24.6 Å². The van der Waals surface area contributed by atoms with Gasteiger partial charge in [0.1, 0.15) is 6.10 Å². The second kappa shape index (κ2) is 11.2. The predicted octanol–water partition coefficient (Wildman–Crippen LogP) is 3.36. The molecule has 0 aromatic heterocycles. The molecule has 1 amide bonds. The van der Waals surface area contributed by atoms with Crippen molar-refractivity contribution in [3.05, 3.63) is 63.7 Å². The maximum Gasteiger partial charge on any atom is 0.309 e. The number of carbonyl (C=O) groups excluding carboxylic acids is 2. The van der Waals surface area contributed by atoms with Gasteiger partial charge in [-0.1, -0.05) is 30.7 Å². The van der Waals surface area contributed by atoms with Crippen LogP contribution in [0, 0.1) is 16.0 Å². The summed E-state index contributed by atoms with van der Waals surface area (Å²) in [6.07, 6.45) is 0.136. The summed E-state index contributed by atoms with van der Waals surface area (Å²) in [6, 6.07) is 10.7. The highest BCUT2D eigenvalue weighted by molar-refractivity contribution is 7.89. The smallest absolute Gasteiger partial charge is 0.309 e. The molecule has 13 heteroatoms. The number of halogens is 1. The molecular formula is C26H31ClN4O7S. The molecule has 2 heterocycles. The van der Waals surface area contributed by atoms with Crippen LogP contribution in [0.2, 0.25) is 5.02 Å². The first-order chi connectivity index (χ1) is 18.3. The van der Waals surface area contributed by atoms with Crippen molar-refractivity contribution in [3.63, 3.8) is 0 Å². The quantitative estimate of drug-likeness (QED) is 0.271. The van der Waals surface area contributed by atoms with E-state index >= 15 is 0 Å². The summed E-state index contributed by atoms with van der Waals surface area (Å²) in [5.41, 5.74) is -0.225. The Balaban J connectivity index is 1.60. The normalized spacial score (nSPS) is 22.5. The van der Waals surface area contributed by atoms with Crippen molar-refractivity contribution in [1.82, 2.24) is 9.62 Å². The van der Waals surface area contributed by atoms with Crippen molar-refractivity contribution in [2.75, 3.05) is 24.5 Å². The number of amides is 1. The zero-order chi connectivity index (χ0) is 28.5. The number of benzene rings is 2. The molecule has 2 saturated heterocycles. The van der Waals surface area contributed by atoms with E-state index in [0.29, 0.717) is 30.1 Å². The number of nitrogens with zero attached hydrogens (tertiary/aromatic N) is 3. The fraction of sp³-hybridized carbons (Fsp3) is 0.462. The third-order valence-corrected chi connectivity index (χ3v) is 9.14. The summed E-state index contributed by atoms with van der Waals surface area (Å²) in [5.74, 6) is -0.941. The van der Waals surface area contributed by atoms with E-state index in [-0.39, 0.29) is 41.5 Å². The summed E-state index contributed by atoms with van der Waals surface area (Å²) in [7, 11) is -4.15. The number of non-ortho nitro benzene ring substituents is 1. The molecule has 2 aliphatic rings. The van der Waals surface area contributed by atoms with Crippen LogP contribution >= 0.6 is 11.6 Å². The predicted molar refractivity (Wildman–Crippen MR) is 145 cm³/mol. The fourth-order valence-corrected chi connectivity index (χ4v) is 6.47. The maximum atomic E-state index is 13.3. The summed E-state index contributed by atoms with van der Waals surface area (Å²) >= 11 is 6.35. The minimum Gasteiger partial charge on any atom is -0.460 e. The molecule has 1 N–H and O–H groups in total. The third kappa shape index (κ3) is 6.24. The van der Waals surface area contributed by atoms with E-state index in [1.165, 1.54) is 0 Å². The van der Waals surface area contributed by atoms with Gasteiger partial charge in [-0.15, -0.1) is 0 Å². The van der Waals surface area contributed by atoms with Crippen LogP contribution in [-0.4, -0.2) is 67.4 Å². The number of sulfonamides is 1. The van der Waals surface area contributed by atoms with Gasteiger partial charge in [0.25, 0.3) is 5.69 Å². The Hall–Kier alpha value is -3.06. The zero-order valence-corrected chi connectivity index (χ0v) is 23.4. The second-order valence-corrected chi connectivity index (χ2v) is 12.5. The largest absolute Gasteiger partial charge is 0.460 e. The fourth-order valence-electron chi connectivity index (χ4n) is 4.97. The van der Waals surface area contributed by atoms with E-state index in [4.69, 9.17) is 16.3 Å². The van der Waals surface area contributed by atoms with Crippen LogP contribution in [0.25, 0.3) is 0 Å². The third-order valence-electron chi connectivity index (χ3n) is 7.31. The molecule has 2 aliphatic heterocycles. The number of anilines is 1. The Morgan fingerprint density at radius 1 is 1.18 bits per heavy atom. The summed E-state index contributed by atoms with van der Waals surface area (Å²) in [4.78, 5) is 39.4. The SMILES string of the molecule is CC[C@@H]1C[C@@H]([C@H](CN2CC(=O)N(c3ccccc3Cl)CC2(C)C)NS(=O)(=O)c2ccc([N+](=O)[O-])cc2)OC1=O. The molecule has 11 nitrogen and oxygen atoms in total. The summed E-state index contributed by atoms with van der Waals surface area (Å²) in [5, 5.41) is 11.4. The van der Waals surface area contributed by atoms with E-state index in [1.807, 2.05) is 25.7 Å². The Labute approximate surface area is 232 Å². The van der Waals surface area contributed by atoms with Gasteiger partial charge in [-0.2, -0.15) is 0 Å². The Morgan fingerprint density at radius 2 is 1.85 bits per heavy atom. The Morgan fingerprint density at radius 3 is 2.44 bits per heavy atom. The van der Waals surface area contributed by atoms with Gasteiger partial charge in [0.2, 0.25) is 15.9 Å². The van der Waals surface area contributed by atoms with E-state index < -0.39 is 32.6 Å². The van der Waals surface area contributed by atoms with E-state index in [0.717, 1.165) is 24.3 Å². The van der Waals surface area contributed by atoms with Crippen LogP contribution in [0.3, 0.4) is 0 Å². The minimum absolute atomic E-state index is 0.00808. The van der Waals surface area contributed by atoms with Crippen LogP contribution in [0.5, 0.6) is 0 Å². The zero-order valence-electron chi connectivity index (χ0n) is 21.9. The monoisotopic (exact) mass is 578 g/mol. The molecular weight excluding hydrogens is 548 g/mol. The van der Waals surface area contributed by atoms with Gasteiger partial charge in [0, 0.05) is 30.8 Å². The minimum atomic E-state index is -4.15. The number of nitro groups is 1. The molecule has 0 spiro atoms. The topological polar surface area (TPSA) is 139 Å². The van der Waals surface area contributed by atoms with Crippen molar-refractivity contribution in [2.45, 2.75) is 56.2 Å². The summed E-state index contributed by atoms with van der Waals surface area (Å²) in [6.45, 7) is 6.14. The van der Waals surface area contributed by atoms with Crippen molar-refractivity contribution >= 4 is 44.9 Å². The molecule has 0 saturated carbocycles. The lowest BCUT2D eigenvalue weighted by Gasteiger charge is -2.48. The first-order valence-corrected chi connectivity index (χ1v) is 14.5. The number of hydrogen-bond donors (Lipinski definition) is 1. The molecule has 0 bridgehead atoms. The molecule has 4 rings (SSSR count). The number of nitrogens with one attached hydrogen (secondary N) is 1. The number of esters is 1. The Bertz CT molecular complexity index is 1370. The number of carbonyl (C=O) groups is 2. The van der Waals surface area contributed by atoms with Gasteiger partial charge in [-0.25, -0.2) is 13.1 Å². The van der Waals surface area contributed by atoms with Crippen LogP contribution in [0.15, 0.2) is 53.4 Å². The average molecular weight is 579 g/mol. The van der Waals surface area contributed by atoms with E-state index in [1.54, 1.807) is 29.2 Å². The van der Waals surface area contributed by atoms with Crippen LogP contribution in [-0.2, 0) is 24.3 Å². The van der Waals surface area contributed by atoms with Crippen LogP contribution in [0.1, 0.15) is 33.6 Å². The molecule has 2 aromatic rings. The number of hydrogen-bond acceptors (Lipinski definition) is 8. The number of ether oxygens (including phenoxy) is 1. The van der Waals surface area contributed by atoms with Crippen molar-refractivity contribution in [2.24, 2.45) is 5.92 Å². The molecule has 0 aliphatic carbocycles. The van der Waals surface area contributed by atoms with Gasteiger partial charge < -0.3 is 9.64 Å². The number of nitro benzene ring substituents is 1. The maximum absolute atomic E-state index is 13.3. The second-order valence-electron chi connectivity index (χ2n) is 10.4. The number of para-hydroxylation sites is 1. The molecule has 2 fully saturated rings. The van der Waals surface area contributed by atoms with Gasteiger partial charge in [0.15, 0.2) is 0 Å². The lowest BCUT2D eigenvalue weighted by molar-refractivity contribution is -0.384. The first-order valence-electron chi connectivity index (χ1n) is 12.6. The molecule has 0 radical (unpaired) electrons. The van der Waals surface area contributed by atoms with Crippen molar-refractivity contribution in [3.8, 4) is 0 Å². The van der Waals surface area contributed by atoms with Gasteiger partial charge >= 0.3 is 5.97 Å². The van der Waals surface area contributed by atoms with Crippen LogP contribution < -0.4 is 9.62 Å². The van der Waals surface area contributed by atoms with E-state index in [2.05, 4.69) is 4.72 Å². The van der Waals surface area contributed by atoms with Crippen LogP contribution in [0.4, 0.5) is 11.4 Å². The van der Waals surface area contributed by atoms with Gasteiger partial charge in [0.05, 0.1) is 39.0 Å². The number of piperazine rings is 1. The Kier molecular flexibility index (Phi) is 8.31. The molecule has 2 aromatic carbocycles. The molecule has 210 valence electrons. The highest BCUT2D eigenvalue weighted by Gasteiger charge is 2.45. The highest BCUT2D eigenvalue weighted by Crippen LogP contribution is 2.33. The molecule has 3 atom stereocenters.